The second kappa shape index (κ2) is 6.78. The number of nitrogens with two attached hydrogens (primary N) is 1. The van der Waals surface area contributed by atoms with Gasteiger partial charge in [0.05, 0.1) is 12.3 Å². The first-order valence-corrected chi connectivity index (χ1v) is 8.30. The SMILES string of the molecule is CC(C)CC1CCCC(N)(c2cncc(OC(C)C)c2)C1. The summed E-state index contributed by atoms with van der Waals surface area (Å²) in [6, 6.07) is 2.09. The van der Waals surface area contributed by atoms with E-state index in [9.17, 15) is 0 Å². The summed E-state index contributed by atoms with van der Waals surface area (Å²) < 4.78 is 5.76. The van der Waals surface area contributed by atoms with Crippen molar-refractivity contribution in [2.24, 2.45) is 17.6 Å². The summed E-state index contributed by atoms with van der Waals surface area (Å²) in [5, 5.41) is 0. The fraction of sp³-hybridized carbons (Fsp3) is 0.722. The second-order valence-electron chi connectivity index (χ2n) is 7.32. The Kier molecular flexibility index (Phi) is 5.26. The molecule has 2 N–H and O–H groups in total. The zero-order valence-electron chi connectivity index (χ0n) is 13.9. The van der Waals surface area contributed by atoms with E-state index >= 15 is 0 Å². The highest BCUT2D eigenvalue weighted by Crippen LogP contribution is 2.40. The smallest absolute Gasteiger partial charge is 0.138 e. The summed E-state index contributed by atoms with van der Waals surface area (Å²) in [6.45, 7) is 8.66. The Morgan fingerprint density at radius 2 is 2.10 bits per heavy atom. The first kappa shape index (κ1) is 16.3. The fourth-order valence-corrected chi connectivity index (χ4v) is 3.58. The third-order valence-corrected chi connectivity index (χ3v) is 4.35. The third kappa shape index (κ3) is 4.44. The molecule has 0 aromatic carbocycles. The van der Waals surface area contributed by atoms with Crippen molar-refractivity contribution >= 4 is 0 Å². The predicted molar refractivity (Wildman–Crippen MR) is 87.3 cm³/mol. The molecule has 1 aromatic heterocycles. The molecule has 0 amide bonds. The molecule has 1 aromatic rings. The van der Waals surface area contributed by atoms with E-state index in [-0.39, 0.29) is 11.6 Å². The first-order valence-electron chi connectivity index (χ1n) is 8.30. The molecule has 1 aliphatic rings. The van der Waals surface area contributed by atoms with Gasteiger partial charge in [0, 0.05) is 11.7 Å². The maximum absolute atomic E-state index is 6.75. The van der Waals surface area contributed by atoms with Gasteiger partial charge in [-0.25, -0.2) is 0 Å². The summed E-state index contributed by atoms with van der Waals surface area (Å²) in [5.41, 5.74) is 7.65. The van der Waals surface area contributed by atoms with E-state index < -0.39 is 0 Å². The van der Waals surface area contributed by atoms with Gasteiger partial charge in [-0.05, 0) is 56.6 Å². The van der Waals surface area contributed by atoms with Crippen molar-refractivity contribution in [2.75, 3.05) is 0 Å². The Balaban J connectivity index is 2.14. The molecule has 118 valence electrons. The lowest BCUT2D eigenvalue weighted by Gasteiger charge is -2.39. The Bertz CT molecular complexity index is 458. The topological polar surface area (TPSA) is 48.1 Å². The molecular weight excluding hydrogens is 260 g/mol. The van der Waals surface area contributed by atoms with E-state index in [1.165, 1.54) is 19.3 Å². The van der Waals surface area contributed by atoms with Crippen LogP contribution in [0.4, 0.5) is 0 Å². The van der Waals surface area contributed by atoms with Gasteiger partial charge in [-0.3, -0.25) is 4.98 Å². The van der Waals surface area contributed by atoms with Crippen LogP contribution in [-0.4, -0.2) is 11.1 Å². The van der Waals surface area contributed by atoms with Crippen LogP contribution < -0.4 is 10.5 Å². The van der Waals surface area contributed by atoms with Crippen LogP contribution in [0.2, 0.25) is 0 Å². The second-order valence-corrected chi connectivity index (χ2v) is 7.32. The molecule has 1 saturated carbocycles. The van der Waals surface area contributed by atoms with Crippen molar-refractivity contribution in [1.82, 2.24) is 4.98 Å². The molecule has 0 spiro atoms. The van der Waals surface area contributed by atoms with Crippen LogP contribution in [0.3, 0.4) is 0 Å². The van der Waals surface area contributed by atoms with E-state index in [0.717, 1.165) is 36.0 Å². The Hall–Kier alpha value is -1.09. The molecule has 0 saturated heterocycles. The summed E-state index contributed by atoms with van der Waals surface area (Å²) in [5.74, 6) is 2.31. The minimum absolute atomic E-state index is 0.163. The monoisotopic (exact) mass is 290 g/mol. The van der Waals surface area contributed by atoms with Crippen LogP contribution in [0.1, 0.15) is 65.4 Å². The number of pyridine rings is 1. The number of ether oxygens (including phenoxy) is 1. The number of rotatable bonds is 5. The molecule has 2 rings (SSSR count). The van der Waals surface area contributed by atoms with Gasteiger partial charge in [-0.1, -0.05) is 26.7 Å². The molecule has 0 radical (unpaired) electrons. The lowest BCUT2D eigenvalue weighted by atomic mass is 9.71. The average Bonchev–Trinajstić information content (AvgIpc) is 2.37. The molecule has 1 fully saturated rings. The third-order valence-electron chi connectivity index (χ3n) is 4.35. The zero-order valence-corrected chi connectivity index (χ0v) is 13.9. The minimum Gasteiger partial charge on any atom is -0.489 e. The maximum Gasteiger partial charge on any atom is 0.138 e. The van der Waals surface area contributed by atoms with Crippen LogP contribution in [0.15, 0.2) is 18.5 Å². The van der Waals surface area contributed by atoms with Crippen LogP contribution in [0, 0.1) is 11.8 Å². The summed E-state index contributed by atoms with van der Waals surface area (Å²) in [6.07, 6.45) is 9.78. The number of nitrogens with zero attached hydrogens (tertiary/aromatic N) is 1. The first-order chi connectivity index (χ1) is 9.89. The van der Waals surface area contributed by atoms with Crippen LogP contribution in [0.25, 0.3) is 0 Å². The Morgan fingerprint density at radius 3 is 2.76 bits per heavy atom. The van der Waals surface area contributed by atoms with Crippen molar-refractivity contribution < 1.29 is 4.74 Å². The molecule has 1 aliphatic carbocycles. The molecule has 3 nitrogen and oxygen atoms in total. The molecule has 2 atom stereocenters. The van der Waals surface area contributed by atoms with Crippen molar-refractivity contribution in [2.45, 2.75) is 71.4 Å². The molecule has 21 heavy (non-hydrogen) atoms. The molecule has 2 unspecified atom stereocenters. The van der Waals surface area contributed by atoms with Gasteiger partial charge in [0.2, 0.25) is 0 Å². The molecule has 0 bridgehead atoms. The van der Waals surface area contributed by atoms with E-state index in [0.29, 0.717) is 0 Å². The van der Waals surface area contributed by atoms with Gasteiger partial charge in [0.25, 0.3) is 0 Å². The van der Waals surface area contributed by atoms with Gasteiger partial charge in [-0.2, -0.15) is 0 Å². The van der Waals surface area contributed by atoms with E-state index in [2.05, 4.69) is 24.9 Å². The van der Waals surface area contributed by atoms with Crippen molar-refractivity contribution in [3.8, 4) is 5.75 Å². The summed E-state index contributed by atoms with van der Waals surface area (Å²) in [4.78, 5) is 4.34. The minimum atomic E-state index is -0.235. The quantitative estimate of drug-likeness (QED) is 0.881. The van der Waals surface area contributed by atoms with Crippen LogP contribution in [-0.2, 0) is 5.54 Å². The molecule has 0 aliphatic heterocycles. The van der Waals surface area contributed by atoms with E-state index in [4.69, 9.17) is 10.5 Å². The standard InChI is InChI=1S/C18H30N2O/c1-13(2)8-15-6-5-7-18(19,10-15)16-9-17(12-20-11-16)21-14(3)4/h9,11-15H,5-8,10,19H2,1-4H3. The summed E-state index contributed by atoms with van der Waals surface area (Å²) in [7, 11) is 0. The number of hydrogen-bond acceptors (Lipinski definition) is 3. The maximum atomic E-state index is 6.75. The zero-order chi connectivity index (χ0) is 15.5. The van der Waals surface area contributed by atoms with Crippen molar-refractivity contribution in [3.63, 3.8) is 0 Å². The fourth-order valence-electron chi connectivity index (χ4n) is 3.58. The number of hydrogen-bond donors (Lipinski definition) is 1. The molecule has 1 heterocycles. The highest BCUT2D eigenvalue weighted by atomic mass is 16.5. The van der Waals surface area contributed by atoms with Crippen LogP contribution >= 0.6 is 0 Å². The van der Waals surface area contributed by atoms with Gasteiger partial charge in [0.1, 0.15) is 5.75 Å². The van der Waals surface area contributed by atoms with Gasteiger partial charge in [-0.15, -0.1) is 0 Å². The van der Waals surface area contributed by atoms with Crippen molar-refractivity contribution in [3.05, 3.63) is 24.0 Å². The molecular formula is C18H30N2O. The predicted octanol–water partition coefficient (Wildman–Crippen LogP) is 4.26. The Morgan fingerprint density at radius 1 is 1.33 bits per heavy atom. The normalized spacial score (nSPS) is 26.3. The van der Waals surface area contributed by atoms with E-state index in [1.54, 1.807) is 6.20 Å². The highest BCUT2D eigenvalue weighted by Gasteiger charge is 2.35. The highest BCUT2D eigenvalue weighted by molar-refractivity contribution is 5.30. The van der Waals surface area contributed by atoms with Gasteiger partial charge in [0.15, 0.2) is 0 Å². The summed E-state index contributed by atoms with van der Waals surface area (Å²) >= 11 is 0. The largest absolute Gasteiger partial charge is 0.489 e. The lowest BCUT2D eigenvalue weighted by Crippen LogP contribution is -2.41. The van der Waals surface area contributed by atoms with Crippen LogP contribution in [0.5, 0.6) is 5.75 Å². The average molecular weight is 290 g/mol. The Labute approximate surface area is 129 Å². The number of aromatic nitrogens is 1. The van der Waals surface area contributed by atoms with Crippen molar-refractivity contribution in [1.29, 1.82) is 0 Å². The molecule has 3 heteroatoms. The van der Waals surface area contributed by atoms with Gasteiger partial charge < -0.3 is 10.5 Å². The lowest BCUT2D eigenvalue weighted by molar-refractivity contribution is 0.200. The van der Waals surface area contributed by atoms with E-state index in [1.807, 2.05) is 20.0 Å². The van der Waals surface area contributed by atoms with Gasteiger partial charge >= 0.3 is 0 Å².